The molecule has 2 amide bonds. The molecule has 43 heavy (non-hydrogen) atoms. The number of likely N-dealkylation sites (N-methyl/N-ethyl adjacent to an activating group) is 1. The monoisotopic (exact) mass is 679 g/mol. The first-order chi connectivity index (χ1) is 20.6. The summed E-state index contributed by atoms with van der Waals surface area (Å²) in [6.45, 7) is 1.52. The molecule has 10 heteroatoms. The number of thioether (sulfide) groups is 1. The molecular formula is C33H34BrN3O4S2. The Kier molecular flexibility index (Phi) is 11.1. The second-order valence-electron chi connectivity index (χ2n) is 9.99. The zero-order valence-corrected chi connectivity index (χ0v) is 27.5. The zero-order chi connectivity index (χ0) is 31.0. The third-order valence-corrected chi connectivity index (χ3v) is 10.0. The van der Waals surface area contributed by atoms with Gasteiger partial charge in [-0.2, -0.15) is 0 Å². The van der Waals surface area contributed by atoms with Gasteiger partial charge in [0, 0.05) is 29.4 Å². The van der Waals surface area contributed by atoms with Crippen LogP contribution in [0.2, 0.25) is 0 Å². The van der Waals surface area contributed by atoms with Crippen LogP contribution in [-0.2, 0) is 32.6 Å². The summed E-state index contributed by atoms with van der Waals surface area (Å²) in [6.07, 6.45) is 2.17. The molecule has 0 spiro atoms. The van der Waals surface area contributed by atoms with Crippen LogP contribution in [0.1, 0.15) is 16.7 Å². The van der Waals surface area contributed by atoms with Crippen LogP contribution in [0.25, 0.3) is 0 Å². The molecule has 1 atom stereocenters. The van der Waals surface area contributed by atoms with Crippen LogP contribution in [0.3, 0.4) is 0 Å². The van der Waals surface area contributed by atoms with E-state index in [0.717, 1.165) is 30.4 Å². The van der Waals surface area contributed by atoms with E-state index in [-0.39, 0.29) is 23.8 Å². The number of hydrogen-bond acceptors (Lipinski definition) is 5. The topological polar surface area (TPSA) is 86.8 Å². The van der Waals surface area contributed by atoms with Crippen molar-refractivity contribution in [1.29, 1.82) is 0 Å². The summed E-state index contributed by atoms with van der Waals surface area (Å²) < 4.78 is 30.1. The number of sulfonamides is 1. The number of benzene rings is 4. The van der Waals surface area contributed by atoms with Crippen molar-refractivity contribution in [3.05, 3.63) is 124 Å². The molecule has 0 aliphatic heterocycles. The second-order valence-corrected chi connectivity index (χ2v) is 13.7. The fraction of sp³-hybridized carbons (Fsp3) is 0.212. The summed E-state index contributed by atoms with van der Waals surface area (Å²) in [5.41, 5.74) is 2.98. The molecule has 0 aliphatic rings. The third kappa shape index (κ3) is 8.28. The number of amides is 2. The van der Waals surface area contributed by atoms with Crippen LogP contribution in [0, 0.1) is 6.92 Å². The van der Waals surface area contributed by atoms with Gasteiger partial charge in [-0.1, -0.05) is 76.1 Å². The van der Waals surface area contributed by atoms with Crippen molar-refractivity contribution in [2.24, 2.45) is 0 Å². The van der Waals surface area contributed by atoms with Crippen LogP contribution in [0.15, 0.2) is 117 Å². The minimum absolute atomic E-state index is 0.0735. The molecule has 0 radical (unpaired) electrons. The Morgan fingerprint density at radius 3 is 2.14 bits per heavy atom. The number of halogens is 1. The van der Waals surface area contributed by atoms with Gasteiger partial charge in [-0.15, -0.1) is 11.8 Å². The van der Waals surface area contributed by atoms with E-state index < -0.39 is 28.5 Å². The Morgan fingerprint density at radius 1 is 0.884 bits per heavy atom. The van der Waals surface area contributed by atoms with Crippen molar-refractivity contribution >= 4 is 55.2 Å². The molecule has 224 valence electrons. The smallest absolute Gasteiger partial charge is 0.264 e. The molecule has 0 aliphatic carbocycles. The van der Waals surface area contributed by atoms with Crippen molar-refractivity contribution in [2.45, 2.75) is 35.7 Å². The fourth-order valence-corrected chi connectivity index (χ4v) is 6.94. The summed E-state index contributed by atoms with van der Waals surface area (Å²) in [4.78, 5) is 30.2. The Hall–Kier alpha value is -3.60. The molecule has 0 unspecified atom stereocenters. The molecule has 7 nitrogen and oxygen atoms in total. The highest BCUT2D eigenvalue weighted by molar-refractivity contribution is 9.10. The molecule has 4 aromatic rings. The quantitative estimate of drug-likeness (QED) is 0.184. The maximum Gasteiger partial charge on any atom is 0.264 e. The predicted octanol–water partition coefficient (Wildman–Crippen LogP) is 6.06. The largest absolute Gasteiger partial charge is 0.357 e. The molecule has 0 heterocycles. The molecular weight excluding hydrogens is 646 g/mol. The van der Waals surface area contributed by atoms with E-state index in [1.807, 2.05) is 67.8 Å². The van der Waals surface area contributed by atoms with Crippen molar-refractivity contribution in [1.82, 2.24) is 10.2 Å². The lowest BCUT2D eigenvalue weighted by atomic mass is 10.0. The maximum absolute atomic E-state index is 14.3. The first-order valence-corrected chi connectivity index (χ1v) is 17.1. The summed E-state index contributed by atoms with van der Waals surface area (Å²) in [5.74, 6) is -0.848. The summed E-state index contributed by atoms with van der Waals surface area (Å²) in [6, 6.07) is 29.6. The summed E-state index contributed by atoms with van der Waals surface area (Å²) in [7, 11) is -2.61. The third-order valence-electron chi connectivity index (χ3n) is 7.01. The van der Waals surface area contributed by atoms with E-state index in [2.05, 4.69) is 21.2 Å². The second kappa shape index (κ2) is 14.7. The average Bonchev–Trinajstić information content (AvgIpc) is 3.02. The van der Waals surface area contributed by atoms with Gasteiger partial charge in [0.15, 0.2) is 0 Å². The standard InChI is InChI=1S/C33H34BrN3O4S2/c1-24-12-14-28(15-13-24)37(43(40,41)30-18-16-29(42-3)17-19-30)23-32(38)36(22-26-10-7-11-27(34)20-26)31(33(39)35-2)21-25-8-5-4-6-9-25/h4-20,31H,21-23H2,1-3H3,(H,35,39)/t31-/m0/s1. The first-order valence-electron chi connectivity index (χ1n) is 13.6. The highest BCUT2D eigenvalue weighted by atomic mass is 79.9. The SMILES string of the molecule is CNC(=O)[C@H](Cc1ccccc1)N(Cc1cccc(Br)c1)C(=O)CN(c1ccc(C)cc1)S(=O)(=O)c1ccc(SC)cc1. The molecule has 0 aromatic heterocycles. The first kappa shape index (κ1) is 32.3. The number of nitrogens with one attached hydrogen (secondary N) is 1. The molecule has 0 saturated carbocycles. The molecule has 1 N–H and O–H groups in total. The van der Waals surface area contributed by atoms with Crippen molar-refractivity contribution in [3.63, 3.8) is 0 Å². The number of carbonyl (C=O) groups excluding carboxylic acids is 2. The van der Waals surface area contributed by atoms with Crippen molar-refractivity contribution in [2.75, 3.05) is 24.2 Å². The van der Waals surface area contributed by atoms with Gasteiger partial charge in [0.2, 0.25) is 11.8 Å². The lowest BCUT2D eigenvalue weighted by Crippen LogP contribution is -2.53. The number of anilines is 1. The fourth-order valence-electron chi connectivity index (χ4n) is 4.67. The lowest BCUT2D eigenvalue weighted by Gasteiger charge is -2.33. The van der Waals surface area contributed by atoms with Crippen LogP contribution >= 0.6 is 27.7 Å². The average molecular weight is 681 g/mol. The van der Waals surface area contributed by atoms with Gasteiger partial charge >= 0.3 is 0 Å². The van der Waals surface area contributed by atoms with Gasteiger partial charge in [-0.3, -0.25) is 13.9 Å². The van der Waals surface area contributed by atoms with Crippen LogP contribution in [0.4, 0.5) is 5.69 Å². The van der Waals surface area contributed by atoms with Crippen molar-refractivity contribution < 1.29 is 18.0 Å². The van der Waals surface area contributed by atoms with Gasteiger partial charge in [0.1, 0.15) is 12.6 Å². The highest BCUT2D eigenvalue weighted by Crippen LogP contribution is 2.27. The summed E-state index contributed by atoms with van der Waals surface area (Å²) in [5, 5.41) is 2.70. The van der Waals surface area contributed by atoms with Gasteiger partial charge in [0.25, 0.3) is 10.0 Å². The lowest BCUT2D eigenvalue weighted by molar-refractivity contribution is -0.139. The maximum atomic E-state index is 14.3. The van der Waals surface area contributed by atoms with Gasteiger partial charge in [0.05, 0.1) is 10.6 Å². The Bertz CT molecular complexity index is 1650. The van der Waals surface area contributed by atoms with E-state index in [1.165, 1.54) is 23.7 Å². The molecule has 4 aromatic carbocycles. The number of rotatable bonds is 12. The molecule has 0 saturated heterocycles. The Balaban J connectivity index is 1.78. The highest BCUT2D eigenvalue weighted by Gasteiger charge is 2.34. The van der Waals surface area contributed by atoms with E-state index in [1.54, 1.807) is 48.5 Å². The number of carbonyl (C=O) groups is 2. The summed E-state index contributed by atoms with van der Waals surface area (Å²) >= 11 is 5.00. The van der Waals surface area contributed by atoms with E-state index in [4.69, 9.17) is 0 Å². The minimum Gasteiger partial charge on any atom is -0.357 e. The van der Waals surface area contributed by atoms with Gasteiger partial charge in [-0.05, 0) is 72.8 Å². The van der Waals surface area contributed by atoms with E-state index in [0.29, 0.717) is 5.69 Å². The van der Waals surface area contributed by atoms with E-state index >= 15 is 0 Å². The van der Waals surface area contributed by atoms with Crippen LogP contribution in [0.5, 0.6) is 0 Å². The Labute approximate surface area is 266 Å². The van der Waals surface area contributed by atoms with E-state index in [9.17, 15) is 18.0 Å². The molecule has 0 bridgehead atoms. The molecule has 4 rings (SSSR count). The minimum atomic E-state index is -4.14. The van der Waals surface area contributed by atoms with Gasteiger partial charge < -0.3 is 10.2 Å². The normalized spacial score (nSPS) is 11.9. The van der Waals surface area contributed by atoms with Crippen molar-refractivity contribution in [3.8, 4) is 0 Å². The van der Waals surface area contributed by atoms with Gasteiger partial charge in [-0.25, -0.2) is 8.42 Å². The molecule has 0 fully saturated rings. The number of nitrogens with zero attached hydrogens (tertiary/aromatic N) is 2. The number of aryl methyl sites for hydroxylation is 1. The predicted molar refractivity (Wildman–Crippen MR) is 177 cm³/mol. The van der Waals surface area contributed by atoms with Crippen LogP contribution < -0.4 is 9.62 Å². The zero-order valence-electron chi connectivity index (χ0n) is 24.2. The Morgan fingerprint density at radius 2 is 1.53 bits per heavy atom. The number of hydrogen-bond donors (Lipinski definition) is 1. The van der Waals surface area contributed by atoms with Crippen LogP contribution in [-0.4, -0.2) is 51.0 Å².